The molecule has 4 heteroatoms. The Morgan fingerprint density at radius 2 is 1.68 bits per heavy atom. The van der Waals surface area contributed by atoms with Gasteiger partial charge in [-0.05, 0) is 23.6 Å². The summed E-state index contributed by atoms with van der Waals surface area (Å²) in [4.78, 5) is 18.7. The van der Waals surface area contributed by atoms with Gasteiger partial charge in [-0.1, -0.05) is 42.5 Å². The molecule has 0 saturated heterocycles. The summed E-state index contributed by atoms with van der Waals surface area (Å²) < 4.78 is 0. The van der Waals surface area contributed by atoms with Gasteiger partial charge in [-0.15, -0.1) is 0 Å². The third-order valence-electron chi connectivity index (χ3n) is 3.46. The minimum Gasteiger partial charge on any atom is -0.363 e. The number of rotatable bonds is 3. The van der Waals surface area contributed by atoms with Crippen LogP contribution in [0.3, 0.4) is 0 Å². The zero-order chi connectivity index (χ0) is 15.5. The van der Waals surface area contributed by atoms with Gasteiger partial charge in [-0.3, -0.25) is 4.79 Å². The molecule has 1 heterocycles. The lowest BCUT2D eigenvalue weighted by atomic mass is 10.1. The summed E-state index contributed by atoms with van der Waals surface area (Å²) in [7, 11) is 3.80. The quantitative estimate of drug-likeness (QED) is 0.802. The van der Waals surface area contributed by atoms with E-state index in [1.807, 2.05) is 73.6 Å². The molecule has 1 N–H and O–H groups in total. The second-order valence-corrected chi connectivity index (χ2v) is 5.26. The zero-order valence-electron chi connectivity index (χ0n) is 12.6. The number of pyridine rings is 1. The molecule has 0 aliphatic carbocycles. The molecule has 0 unspecified atom stereocenters. The second-order valence-electron chi connectivity index (χ2n) is 5.26. The van der Waals surface area contributed by atoms with E-state index in [1.165, 1.54) is 0 Å². The van der Waals surface area contributed by atoms with Crippen LogP contribution in [0.5, 0.6) is 0 Å². The Kier molecular flexibility index (Phi) is 3.74. The Bertz CT molecular complexity index is 822. The molecule has 1 aromatic heterocycles. The van der Waals surface area contributed by atoms with Crippen LogP contribution < -0.4 is 10.2 Å². The van der Waals surface area contributed by atoms with Crippen molar-refractivity contribution >= 4 is 28.2 Å². The predicted octanol–water partition coefficient (Wildman–Crippen LogP) is 3.55. The van der Waals surface area contributed by atoms with Crippen molar-refractivity contribution in [3.8, 4) is 0 Å². The number of nitrogens with one attached hydrogen (secondary N) is 1. The van der Waals surface area contributed by atoms with E-state index < -0.39 is 0 Å². The minimum absolute atomic E-state index is 0.208. The smallest absolute Gasteiger partial charge is 0.274 e. The first kappa shape index (κ1) is 14.1. The number of amides is 1. The standard InChI is InChI=1S/C18H17N3O/c1-21(2)17-12-6-11-16(19-17)18(22)20-15-10-5-8-13-7-3-4-9-14(13)15/h3-12H,1-2H3,(H,20,22). The van der Waals surface area contributed by atoms with Crippen LogP contribution in [0.25, 0.3) is 10.8 Å². The number of carbonyl (C=O) groups is 1. The first-order valence-electron chi connectivity index (χ1n) is 7.08. The van der Waals surface area contributed by atoms with E-state index in [4.69, 9.17) is 0 Å². The number of aromatic nitrogens is 1. The molecule has 2 aromatic carbocycles. The maximum atomic E-state index is 12.4. The van der Waals surface area contributed by atoms with Crippen molar-refractivity contribution in [1.82, 2.24) is 4.98 Å². The third kappa shape index (κ3) is 2.76. The van der Waals surface area contributed by atoms with E-state index >= 15 is 0 Å². The second kappa shape index (κ2) is 5.85. The highest BCUT2D eigenvalue weighted by molar-refractivity contribution is 6.08. The highest BCUT2D eigenvalue weighted by atomic mass is 16.1. The average Bonchev–Trinajstić information content (AvgIpc) is 2.55. The van der Waals surface area contributed by atoms with Crippen molar-refractivity contribution < 1.29 is 4.79 Å². The van der Waals surface area contributed by atoms with Crippen molar-refractivity contribution in [2.24, 2.45) is 0 Å². The summed E-state index contributed by atoms with van der Waals surface area (Å²) in [5, 5.41) is 5.06. The maximum absolute atomic E-state index is 12.4. The van der Waals surface area contributed by atoms with Crippen LogP contribution in [-0.4, -0.2) is 25.0 Å². The van der Waals surface area contributed by atoms with Crippen LogP contribution in [0, 0.1) is 0 Å². The van der Waals surface area contributed by atoms with E-state index in [0.717, 1.165) is 22.3 Å². The van der Waals surface area contributed by atoms with E-state index in [0.29, 0.717) is 5.69 Å². The van der Waals surface area contributed by atoms with Crippen molar-refractivity contribution in [3.05, 3.63) is 66.4 Å². The minimum atomic E-state index is -0.208. The molecular formula is C18H17N3O. The zero-order valence-corrected chi connectivity index (χ0v) is 12.6. The molecule has 0 fully saturated rings. The van der Waals surface area contributed by atoms with Crippen molar-refractivity contribution in [1.29, 1.82) is 0 Å². The fourth-order valence-electron chi connectivity index (χ4n) is 2.32. The van der Waals surface area contributed by atoms with Gasteiger partial charge in [0.2, 0.25) is 0 Å². The molecule has 1 amide bonds. The van der Waals surface area contributed by atoms with Gasteiger partial charge in [0, 0.05) is 25.2 Å². The first-order valence-corrected chi connectivity index (χ1v) is 7.08. The number of fused-ring (bicyclic) bond motifs is 1. The molecule has 0 spiro atoms. The third-order valence-corrected chi connectivity index (χ3v) is 3.46. The van der Waals surface area contributed by atoms with Crippen LogP contribution >= 0.6 is 0 Å². The van der Waals surface area contributed by atoms with Crippen LogP contribution in [-0.2, 0) is 0 Å². The monoisotopic (exact) mass is 291 g/mol. The van der Waals surface area contributed by atoms with Crippen LogP contribution in [0.15, 0.2) is 60.7 Å². The van der Waals surface area contributed by atoms with Gasteiger partial charge in [0.25, 0.3) is 5.91 Å². The van der Waals surface area contributed by atoms with Gasteiger partial charge in [-0.2, -0.15) is 0 Å². The Morgan fingerprint density at radius 3 is 2.50 bits per heavy atom. The van der Waals surface area contributed by atoms with Crippen molar-refractivity contribution in [2.45, 2.75) is 0 Å². The van der Waals surface area contributed by atoms with E-state index in [2.05, 4.69) is 10.3 Å². The fraction of sp³-hybridized carbons (Fsp3) is 0.111. The summed E-state index contributed by atoms with van der Waals surface area (Å²) in [6.07, 6.45) is 0. The molecule has 0 aliphatic heterocycles. The van der Waals surface area contributed by atoms with Gasteiger partial charge < -0.3 is 10.2 Å². The lowest BCUT2D eigenvalue weighted by molar-refractivity contribution is 0.102. The van der Waals surface area contributed by atoms with E-state index in [9.17, 15) is 4.79 Å². The molecule has 3 aromatic rings. The number of carbonyl (C=O) groups excluding carboxylic acids is 1. The number of anilines is 2. The molecule has 0 saturated carbocycles. The molecule has 22 heavy (non-hydrogen) atoms. The molecule has 3 rings (SSSR count). The summed E-state index contributed by atoms with van der Waals surface area (Å²) >= 11 is 0. The fourth-order valence-corrected chi connectivity index (χ4v) is 2.32. The van der Waals surface area contributed by atoms with Gasteiger partial charge in [0.05, 0.1) is 0 Å². The average molecular weight is 291 g/mol. The van der Waals surface area contributed by atoms with Gasteiger partial charge in [0.1, 0.15) is 11.5 Å². The van der Waals surface area contributed by atoms with Gasteiger partial charge in [-0.25, -0.2) is 4.98 Å². The first-order chi connectivity index (χ1) is 10.6. The van der Waals surface area contributed by atoms with Crippen LogP contribution in [0.1, 0.15) is 10.5 Å². The Balaban J connectivity index is 1.92. The van der Waals surface area contributed by atoms with Gasteiger partial charge in [0.15, 0.2) is 0 Å². The molecule has 110 valence electrons. The Labute approximate surface area is 129 Å². The predicted molar refractivity (Wildman–Crippen MR) is 90.5 cm³/mol. The topological polar surface area (TPSA) is 45.2 Å². The summed E-state index contributed by atoms with van der Waals surface area (Å²) in [6.45, 7) is 0. The summed E-state index contributed by atoms with van der Waals surface area (Å²) in [5.41, 5.74) is 1.19. The highest BCUT2D eigenvalue weighted by Crippen LogP contribution is 2.23. The van der Waals surface area contributed by atoms with Crippen molar-refractivity contribution in [2.75, 3.05) is 24.3 Å². The Hall–Kier alpha value is -2.88. The largest absolute Gasteiger partial charge is 0.363 e. The molecule has 0 atom stereocenters. The highest BCUT2D eigenvalue weighted by Gasteiger charge is 2.10. The molecule has 0 radical (unpaired) electrons. The van der Waals surface area contributed by atoms with E-state index in [-0.39, 0.29) is 5.91 Å². The number of nitrogens with zero attached hydrogens (tertiary/aromatic N) is 2. The summed E-state index contributed by atoms with van der Waals surface area (Å²) in [6, 6.07) is 19.2. The van der Waals surface area contributed by atoms with Crippen molar-refractivity contribution in [3.63, 3.8) is 0 Å². The van der Waals surface area contributed by atoms with E-state index in [1.54, 1.807) is 6.07 Å². The number of hydrogen-bond donors (Lipinski definition) is 1. The van der Waals surface area contributed by atoms with Crippen LogP contribution in [0.4, 0.5) is 11.5 Å². The molecule has 0 aliphatic rings. The lowest BCUT2D eigenvalue weighted by Crippen LogP contribution is -2.17. The Morgan fingerprint density at radius 1 is 0.955 bits per heavy atom. The lowest BCUT2D eigenvalue weighted by Gasteiger charge is -2.12. The number of benzene rings is 2. The normalized spacial score (nSPS) is 10.5. The SMILES string of the molecule is CN(C)c1cccc(C(=O)Nc2cccc3ccccc23)n1. The summed E-state index contributed by atoms with van der Waals surface area (Å²) in [5.74, 6) is 0.547. The maximum Gasteiger partial charge on any atom is 0.274 e. The molecular weight excluding hydrogens is 274 g/mol. The molecule has 4 nitrogen and oxygen atoms in total. The van der Waals surface area contributed by atoms with Crippen LogP contribution in [0.2, 0.25) is 0 Å². The number of hydrogen-bond acceptors (Lipinski definition) is 3. The van der Waals surface area contributed by atoms with Gasteiger partial charge >= 0.3 is 0 Å². The molecule has 0 bridgehead atoms.